The minimum absolute atomic E-state index is 0.0348. The van der Waals surface area contributed by atoms with Gasteiger partial charge in [-0.05, 0) is 43.3 Å². The Morgan fingerprint density at radius 2 is 1.77 bits per heavy atom. The number of hydrogen-bond donors (Lipinski definition) is 1. The van der Waals surface area contributed by atoms with Crippen LogP contribution in [0.25, 0.3) is 16.9 Å². The van der Waals surface area contributed by atoms with Crippen LogP contribution in [-0.4, -0.2) is 38.2 Å². The molecule has 1 atom stereocenters. The van der Waals surface area contributed by atoms with E-state index in [-0.39, 0.29) is 24.2 Å². The lowest BCUT2D eigenvalue weighted by molar-refractivity contribution is -0.122. The number of nitrogens with one attached hydrogen (secondary N) is 1. The Bertz CT molecular complexity index is 1270. The van der Waals surface area contributed by atoms with E-state index in [1.54, 1.807) is 9.42 Å². The van der Waals surface area contributed by atoms with Crippen molar-refractivity contribution in [3.8, 4) is 11.3 Å². The Hall–Kier alpha value is -4.07. The molecular formula is C23H20N6O2. The maximum atomic E-state index is 12.7. The zero-order chi connectivity index (χ0) is 21.4. The predicted octanol–water partition coefficient (Wildman–Crippen LogP) is 3.09. The topological polar surface area (TPSA) is 92.5 Å². The molecule has 1 aliphatic rings. The molecule has 0 saturated carbocycles. The minimum atomic E-state index is -0.381. The second kappa shape index (κ2) is 7.64. The fourth-order valence-corrected chi connectivity index (χ4v) is 3.76. The Kier molecular flexibility index (Phi) is 4.66. The lowest BCUT2D eigenvalue weighted by atomic mass is 10.1. The third-order valence-corrected chi connectivity index (χ3v) is 5.43. The van der Waals surface area contributed by atoms with E-state index in [9.17, 15) is 9.59 Å². The van der Waals surface area contributed by atoms with Crippen LogP contribution in [0.4, 0.5) is 11.4 Å². The number of carbonyl (C=O) groups is 2. The highest BCUT2D eigenvalue weighted by Crippen LogP contribution is 2.26. The van der Waals surface area contributed by atoms with Crippen molar-refractivity contribution < 1.29 is 9.59 Å². The monoisotopic (exact) mass is 412 g/mol. The van der Waals surface area contributed by atoms with E-state index < -0.39 is 0 Å². The summed E-state index contributed by atoms with van der Waals surface area (Å²) in [5.74, 6) is 0.149. The van der Waals surface area contributed by atoms with E-state index in [0.29, 0.717) is 17.9 Å². The molecule has 154 valence electrons. The number of nitrogens with zero attached hydrogens (tertiary/aromatic N) is 5. The van der Waals surface area contributed by atoms with Gasteiger partial charge in [0.15, 0.2) is 11.5 Å². The fourth-order valence-electron chi connectivity index (χ4n) is 3.76. The molecule has 0 spiro atoms. The summed E-state index contributed by atoms with van der Waals surface area (Å²) in [5, 5.41) is 15.6. The molecule has 1 unspecified atom stereocenters. The summed E-state index contributed by atoms with van der Waals surface area (Å²) in [6.07, 6.45) is 0.209. The molecule has 8 heteroatoms. The highest BCUT2D eigenvalue weighted by Gasteiger charge is 2.35. The molecule has 2 amide bonds. The summed E-state index contributed by atoms with van der Waals surface area (Å²) < 4.78 is 1.70. The molecule has 5 rings (SSSR count). The largest absolute Gasteiger partial charge is 0.326 e. The van der Waals surface area contributed by atoms with E-state index in [1.165, 1.54) is 0 Å². The van der Waals surface area contributed by atoms with Gasteiger partial charge in [-0.15, -0.1) is 10.2 Å². The van der Waals surface area contributed by atoms with Gasteiger partial charge in [0, 0.05) is 29.9 Å². The van der Waals surface area contributed by atoms with Crippen LogP contribution >= 0.6 is 0 Å². The Morgan fingerprint density at radius 3 is 2.55 bits per heavy atom. The van der Waals surface area contributed by atoms with Crippen molar-refractivity contribution in [2.75, 3.05) is 16.8 Å². The number of rotatable bonds is 4. The standard InChI is InChI=1S/C23H20N6O2/c1-15-25-26-21-12-11-20(27-29(15)21)16-7-9-18(10-8-16)24-23(31)17-13-22(30)28(14-17)19-5-3-2-4-6-19/h2-12,17H,13-14H2,1H3,(H,24,31). The van der Waals surface area contributed by atoms with Crippen molar-refractivity contribution in [1.29, 1.82) is 0 Å². The molecule has 1 N–H and O–H groups in total. The highest BCUT2D eigenvalue weighted by atomic mass is 16.2. The fraction of sp³-hybridized carbons (Fsp3) is 0.174. The van der Waals surface area contributed by atoms with Crippen molar-refractivity contribution in [3.63, 3.8) is 0 Å². The number of anilines is 2. The summed E-state index contributed by atoms with van der Waals surface area (Å²) >= 11 is 0. The number of hydrogen-bond acceptors (Lipinski definition) is 5. The van der Waals surface area contributed by atoms with Gasteiger partial charge < -0.3 is 10.2 Å². The molecule has 1 aliphatic heterocycles. The van der Waals surface area contributed by atoms with Crippen LogP contribution in [0.1, 0.15) is 12.2 Å². The summed E-state index contributed by atoms with van der Waals surface area (Å²) in [5.41, 5.74) is 3.90. The highest BCUT2D eigenvalue weighted by molar-refractivity contribution is 6.03. The minimum Gasteiger partial charge on any atom is -0.326 e. The zero-order valence-corrected chi connectivity index (χ0v) is 16.9. The van der Waals surface area contributed by atoms with Crippen LogP contribution in [0.15, 0.2) is 66.7 Å². The average molecular weight is 412 g/mol. The predicted molar refractivity (Wildman–Crippen MR) is 116 cm³/mol. The van der Waals surface area contributed by atoms with Crippen LogP contribution in [0, 0.1) is 12.8 Å². The first-order valence-electron chi connectivity index (χ1n) is 10.0. The zero-order valence-electron chi connectivity index (χ0n) is 16.9. The first-order valence-corrected chi connectivity index (χ1v) is 10.0. The number of para-hydroxylation sites is 1. The molecule has 2 aromatic heterocycles. The van der Waals surface area contributed by atoms with E-state index in [4.69, 9.17) is 0 Å². The molecule has 8 nitrogen and oxygen atoms in total. The van der Waals surface area contributed by atoms with Gasteiger partial charge in [0.25, 0.3) is 0 Å². The first kappa shape index (κ1) is 18.9. The Morgan fingerprint density at radius 1 is 1.00 bits per heavy atom. The second-order valence-corrected chi connectivity index (χ2v) is 7.54. The smallest absolute Gasteiger partial charge is 0.229 e. The molecule has 1 saturated heterocycles. The normalized spacial score (nSPS) is 16.1. The summed E-state index contributed by atoms with van der Waals surface area (Å²) in [7, 11) is 0. The molecular weight excluding hydrogens is 392 g/mol. The molecule has 2 aromatic carbocycles. The summed E-state index contributed by atoms with van der Waals surface area (Å²) in [6, 6.07) is 20.7. The number of aromatic nitrogens is 4. The maximum Gasteiger partial charge on any atom is 0.229 e. The van der Waals surface area contributed by atoms with E-state index >= 15 is 0 Å². The average Bonchev–Trinajstić information content (AvgIpc) is 3.37. The molecule has 0 aliphatic carbocycles. The van der Waals surface area contributed by atoms with Gasteiger partial charge in [-0.3, -0.25) is 9.59 Å². The third kappa shape index (κ3) is 3.63. The number of benzene rings is 2. The van der Waals surface area contributed by atoms with Crippen LogP contribution in [0.3, 0.4) is 0 Å². The van der Waals surface area contributed by atoms with Gasteiger partial charge in [0.1, 0.15) is 0 Å². The first-order chi connectivity index (χ1) is 15.1. The number of aryl methyl sites for hydroxylation is 1. The van der Waals surface area contributed by atoms with Crippen LogP contribution in [0.5, 0.6) is 0 Å². The number of amides is 2. The van der Waals surface area contributed by atoms with Gasteiger partial charge in [-0.25, -0.2) is 0 Å². The molecule has 31 heavy (non-hydrogen) atoms. The number of carbonyl (C=O) groups excluding carboxylic acids is 2. The van der Waals surface area contributed by atoms with Crippen LogP contribution < -0.4 is 10.2 Å². The molecule has 0 radical (unpaired) electrons. The van der Waals surface area contributed by atoms with Crippen molar-refractivity contribution in [3.05, 3.63) is 72.6 Å². The second-order valence-electron chi connectivity index (χ2n) is 7.54. The van der Waals surface area contributed by atoms with Gasteiger partial charge >= 0.3 is 0 Å². The Balaban J connectivity index is 1.28. The summed E-state index contributed by atoms with van der Waals surface area (Å²) in [4.78, 5) is 26.8. The van der Waals surface area contributed by atoms with E-state index in [0.717, 1.165) is 22.8 Å². The lowest BCUT2D eigenvalue weighted by Gasteiger charge is -2.16. The van der Waals surface area contributed by atoms with E-state index in [1.807, 2.05) is 73.7 Å². The van der Waals surface area contributed by atoms with Crippen molar-refractivity contribution in [2.24, 2.45) is 5.92 Å². The number of fused-ring (bicyclic) bond motifs is 1. The maximum absolute atomic E-state index is 12.7. The van der Waals surface area contributed by atoms with Gasteiger partial charge in [-0.1, -0.05) is 30.3 Å². The Labute approximate surface area is 178 Å². The molecule has 4 aromatic rings. The third-order valence-electron chi connectivity index (χ3n) is 5.43. The van der Waals surface area contributed by atoms with Gasteiger partial charge in [0.05, 0.1) is 11.6 Å². The van der Waals surface area contributed by atoms with Gasteiger partial charge in [0.2, 0.25) is 11.8 Å². The molecule has 0 bridgehead atoms. The van der Waals surface area contributed by atoms with Crippen molar-refractivity contribution >= 4 is 28.8 Å². The summed E-state index contributed by atoms with van der Waals surface area (Å²) in [6.45, 7) is 2.23. The SMILES string of the molecule is Cc1nnc2ccc(-c3ccc(NC(=O)C4CC(=O)N(c5ccccc5)C4)cc3)nn12. The van der Waals surface area contributed by atoms with Crippen molar-refractivity contribution in [1.82, 2.24) is 19.8 Å². The molecule has 1 fully saturated rings. The quantitative estimate of drug-likeness (QED) is 0.556. The van der Waals surface area contributed by atoms with E-state index in [2.05, 4.69) is 20.6 Å². The van der Waals surface area contributed by atoms with Crippen LogP contribution in [-0.2, 0) is 9.59 Å². The van der Waals surface area contributed by atoms with Gasteiger partial charge in [-0.2, -0.15) is 9.61 Å². The lowest BCUT2D eigenvalue weighted by Crippen LogP contribution is -2.28. The van der Waals surface area contributed by atoms with Crippen molar-refractivity contribution in [2.45, 2.75) is 13.3 Å². The van der Waals surface area contributed by atoms with Crippen LogP contribution in [0.2, 0.25) is 0 Å². The molecule has 3 heterocycles.